The van der Waals surface area contributed by atoms with Crippen molar-refractivity contribution in [3.63, 3.8) is 0 Å². The van der Waals surface area contributed by atoms with Crippen LogP contribution in [-0.4, -0.2) is 13.4 Å². The minimum absolute atomic E-state index is 0.101. The first kappa shape index (κ1) is 49.4. The molecule has 4 heterocycles. The number of rotatable bonds is 3. The standard InChI is InChI=1S/C80H59B2N3O/c1-79(2,3)48-40-72-77-73(41-48)85(52-37-39-62-58-29-13-11-25-54(58)56-27-15-17-31-60(56)64(62)45-52)71-47-75-68(82-66-33-19-20-34-69(66)83(50-22-8-7-9-23-50)74-42-49(80(4,5)6)43-76(86-75)78(74)82)46-67(71)81(77)65-32-18-21-35-70(65)84(72)51-36-38-61-57-28-12-10-24-53(57)55-26-14-16-30-59(55)63(61)44-51/h7-47H,1-6H3. The lowest BCUT2D eigenvalue weighted by atomic mass is 9.30. The van der Waals surface area contributed by atoms with E-state index < -0.39 is 0 Å². The van der Waals surface area contributed by atoms with E-state index in [1.807, 2.05) is 0 Å². The molecule has 0 aliphatic carbocycles. The van der Waals surface area contributed by atoms with Gasteiger partial charge in [0.15, 0.2) is 0 Å². The Hall–Kier alpha value is -10.0. The molecule has 18 rings (SSSR count). The van der Waals surface area contributed by atoms with Gasteiger partial charge in [0.2, 0.25) is 0 Å². The van der Waals surface area contributed by atoms with Gasteiger partial charge in [-0.1, -0.05) is 211 Å². The van der Waals surface area contributed by atoms with Crippen LogP contribution >= 0.6 is 0 Å². The first-order valence-electron chi connectivity index (χ1n) is 30.5. The zero-order valence-corrected chi connectivity index (χ0v) is 49.1. The average Bonchev–Trinajstić information content (AvgIpc) is 0.746. The molecule has 0 radical (unpaired) electrons. The van der Waals surface area contributed by atoms with Gasteiger partial charge in [0.1, 0.15) is 11.5 Å². The molecule has 0 unspecified atom stereocenters. The average molecular weight is 1100 g/mol. The Balaban J connectivity index is 0.945. The third-order valence-electron chi connectivity index (χ3n) is 19.5. The molecule has 0 saturated carbocycles. The van der Waals surface area contributed by atoms with E-state index in [2.05, 4.69) is 305 Å². The fourth-order valence-electron chi connectivity index (χ4n) is 15.5. The molecule has 14 aromatic carbocycles. The van der Waals surface area contributed by atoms with Gasteiger partial charge in [-0.3, -0.25) is 0 Å². The van der Waals surface area contributed by atoms with Gasteiger partial charge in [-0.25, -0.2) is 0 Å². The molecule has 0 amide bonds. The second-order valence-electron chi connectivity index (χ2n) is 26.4. The van der Waals surface area contributed by atoms with Gasteiger partial charge in [-0.15, -0.1) is 0 Å². The first-order chi connectivity index (χ1) is 41.9. The number of ether oxygens (including phenoxy) is 1. The van der Waals surface area contributed by atoms with Crippen LogP contribution in [0.2, 0.25) is 0 Å². The zero-order chi connectivity index (χ0) is 57.5. The first-order valence-corrected chi connectivity index (χ1v) is 30.5. The summed E-state index contributed by atoms with van der Waals surface area (Å²) in [7, 11) is 0. The summed E-state index contributed by atoms with van der Waals surface area (Å²) in [5.41, 5.74) is 20.1. The van der Waals surface area contributed by atoms with Crippen LogP contribution in [0.25, 0.3) is 64.6 Å². The summed E-state index contributed by atoms with van der Waals surface area (Å²) >= 11 is 0. The van der Waals surface area contributed by atoms with Crippen LogP contribution in [0.3, 0.4) is 0 Å². The van der Waals surface area contributed by atoms with Crippen molar-refractivity contribution in [1.29, 1.82) is 0 Å². The van der Waals surface area contributed by atoms with Crippen molar-refractivity contribution in [2.24, 2.45) is 0 Å². The van der Waals surface area contributed by atoms with Gasteiger partial charge in [0, 0.05) is 57.3 Å². The van der Waals surface area contributed by atoms with Crippen LogP contribution in [0.5, 0.6) is 11.5 Å². The van der Waals surface area contributed by atoms with E-state index in [4.69, 9.17) is 4.74 Å². The highest BCUT2D eigenvalue weighted by molar-refractivity contribution is 7.02. The van der Waals surface area contributed by atoms with Gasteiger partial charge < -0.3 is 19.4 Å². The van der Waals surface area contributed by atoms with Gasteiger partial charge >= 0.3 is 0 Å². The third-order valence-corrected chi connectivity index (χ3v) is 19.5. The third kappa shape index (κ3) is 6.96. The molecule has 4 nitrogen and oxygen atoms in total. The van der Waals surface area contributed by atoms with E-state index >= 15 is 0 Å². The number of benzene rings is 14. The Morgan fingerprint density at radius 1 is 0.256 bits per heavy atom. The highest BCUT2D eigenvalue weighted by Crippen LogP contribution is 2.51. The molecule has 406 valence electrons. The smallest absolute Gasteiger partial charge is 0.256 e. The number of hydrogen-bond acceptors (Lipinski definition) is 4. The van der Waals surface area contributed by atoms with Crippen molar-refractivity contribution in [2.45, 2.75) is 52.4 Å². The van der Waals surface area contributed by atoms with Crippen LogP contribution in [0, 0.1) is 0 Å². The predicted octanol–water partition coefficient (Wildman–Crippen LogP) is 17.7. The van der Waals surface area contributed by atoms with Crippen LogP contribution < -0.4 is 52.2 Å². The summed E-state index contributed by atoms with van der Waals surface area (Å²) < 4.78 is 7.63. The van der Waals surface area contributed by atoms with E-state index in [1.54, 1.807) is 0 Å². The zero-order valence-electron chi connectivity index (χ0n) is 49.1. The second kappa shape index (κ2) is 17.8. The number of fused-ring (bicyclic) bond motifs is 20. The Morgan fingerprint density at radius 2 is 0.628 bits per heavy atom. The maximum atomic E-state index is 7.63. The maximum absolute atomic E-state index is 7.63. The highest BCUT2D eigenvalue weighted by atomic mass is 16.5. The van der Waals surface area contributed by atoms with Crippen LogP contribution in [-0.2, 0) is 10.8 Å². The van der Waals surface area contributed by atoms with E-state index in [0.717, 1.165) is 34.2 Å². The van der Waals surface area contributed by atoms with Crippen LogP contribution in [0.1, 0.15) is 52.7 Å². The molecule has 0 saturated heterocycles. The quantitative estimate of drug-likeness (QED) is 0.130. The van der Waals surface area contributed by atoms with E-state index in [-0.39, 0.29) is 24.3 Å². The number of anilines is 9. The Morgan fingerprint density at radius 3 is 1.10 bits per heavy atom. The van der Waals surface area contributed by atoms with Crippen molar-refractivity contribution >= 4 is 162 Å². The molecule has 0 aromatic heterocycles. The molecule has 0 spiro atoms. The van der Waals surface area contributed by atoms with Crippen LogP contribution in [0.4, 0.5) is 51.2 Å². The minimum atomic E-state index is -0.209. The molecular weight excluding hydrogens is 1040 g/mol. The van der Waals surface area contributed by atoms with Crippen molar-refractivity contribution in [2.75, 3.05) is 14.7 Å². The largest absolute Gasteiger partial charge is 0.458 e. The second-order valence-corrected chi connectivity index (χ2v) is 26.4. The fourth-order valence-corrected chi connectivity index (χ4v) is 15.5. The van der Waals surface area contributed by atoms with E-state index in [1.165, 1.54) is 137 Å². The molecule has 14 aromatic rings. The molecule has 86 heavy (non-hydrogen) atoms. The molecule has 4 aliphatic heterocycles. The summed E-state index contributed by atoms with van der Waals surface area (Å²) in [6, 6.07) is 94.2. The molecular formula is C80H59B2N3O. The molecule has 0 bridgehead atoms. The SMILES string of the molecule is CC(C)(C)c1cc2c3c(c1)N(c1ccccc1)c1ccccc1B3c1cc3c(cc1O2)N(c1ccc2c4ccccc4c4ccccc4c2c1)c1cc(C(C)(C)C)cc2c1B3c1ccccc1N2c1ccc2c3ccccc3c3ccccc3c2c1. The van der Waals surface area contributed by atoms with Crippen LogP contribution in [0.15, 0.2) is 249 Å². The lowest BCUT2D eigenvalue weighted by Crippen LogP contribution is -2.64. The minimum Gasteiger partial charge on any atom is -0.458 e. The molecule has 0 N–H and O–H groups in total. The van der Waals surface area contributed by atoms with Crippen molar-refractivity contribution in [3.05, 3.63) is 260 Å². The molecule has 0 atom stereocenters. The molecule has 6 heteroatoms. The normalized spacial score (nSPS) is 13.9. The van der Waals surface area contributed by atoms with Gasteiger partial charge in [-0.05, 0) is 192 Å². The summed E-state index contributed by atoms with van der Waals surface area (Å²) in [5, 5.41) is 15.1. The summed E-state index contributed by atoms with van der Waals surface area (Å²) in [6.45, 7) is 13.8. The highest BCUT2D eigenvalue weighted by Gasteiger charge is 2.48. The summed E-state index contributed by atoms with van der Waals surface area (Å²) in [4.78, 5) is 7.68. The van der Waals surface area contributed by atoms with Gasteiger partial charge in [0.25, 0.3) is 13.4 Å². The molecule has 4 aliphatic rings. The summed E-state index contributed by atoms with van der Waals surface area (Å²) in [6.07, 6.45) is 0. The molecule has 0 fully saturated rings. The number of nitrogens with zero attached hydrogens (tertiary/aromatic N) is 3. The Labute approximate surface area is 502 Å². The number of hydrogen-bond donors (Lipinski definition) is 0. The topological polar surface area (TPSA) is 19.0 Å². The van der Waals surface area contributed by atoms with Crippen molar-refractivity contribution < 1.29 is 4.74 Å². The van der Waals surface area contributed by atoms with E-state index in [9.17, 15) is 0 Å². The van der Waals surface area contributed by atoms with Crippen molar-refractivity contribution in [1.82, 2.24) is 0 Å². The Kier molecular flexibility index (Phi) is 10.2. The fraction of sp³-hybridized carbons (Fsp3) is 0.100. The van der Waals surface area contributed by atoms with E-state index in [0.29, 0.717) is 0 Å². The number of para-hydroxylation sites is 3. The summed E-state index contributed by atoms with van der Waals surface area (Å²) in [5.74, 6) is 1.81. The monoisotopic (exact) mass is 1100 g/mol. The lowest BCUT2D eigenvalue weighted by molar-refractivity contribution is 0.483. The van der Waals surface area contributed by atoms with Crippen molar-refractivity contribution in [3.8, 4) is 11.5 Å². The predicted molar refractivity (Wildman–Crippen MR) is 369 cm³/mol. The lowest BCUT2D eigenvalue weighted by Gasteiger charge is -2.46. The van der Waals surface area contributed by atoms with Gasteiger partial charge in [0.05, 0.1) is 0 Å². The van der Waals surface area contributed by atoms with Gasteiger partial charge in [-0.2, -0.15) is 0 Å². The maximum Gasteiger partial charge on any atom is 0.256 e. The Bertz CT molecular complexity index is 5220.